The standard InChI is InChI=1S/C12H26O3S.C6H15NO6/c1-2-3-4-5-6-7-8-9-10-11-12-16(13,14)15;8-1-4-11-7(12-5-2-9)13-6-3-10/h2-12H2,1H3,(H,13,14,15);8-10H,1-6H2. The lowest BCUT2D eigenvalue weighted by Crippen LogP contribution is -2.28. The molecule has 10 nitrogen and oxygen atoms in total. The number of aliphatic hydroxyl groups is 3. The number of aliphatic hydroxyl groups excluding tert-OH is 3. The summed E-state index contributed by atoms with van der Waals surface area (Å²) in [5.74, 6) is -0.0799. The van der Waals surface area contributed by atoms with Gasteiger partial charge in [0.2, 0.25) is 0 Å². The van der Waals surface area contributed by atoms with Crippen LogP contribution in [0, 0.1) is 0 Å². The second kappa shape index (κ2) is 23.9. The number of unbranched alkanes of at least 4 members (excludes halogenated alkanes) is 9. The molecule has 11 heteroatoms. The first-order chi connectivity index (χ1) is 13.9. The molecular formula is C18H41NO9S. The van der Waals surface area contributed by atoms with Gasteiger partial charge in [-0.15, -0.1) is 0 Å². The molecule has 0 radical (unpaired) electrons. The molecule has 0 rings (SSSR count). The van der Waals surface area contributed by atoms with Crippen LogP contribution in [0.1, 0.15) is 71.1 Å². The van der Waals surface area contributed by atoms with Crippen molar-refractivity contribution in [1.29, 1.82) is 0 Å². The molecule has 4 N–H and O–H groups in total. The van der Waals surface area contributed by atoms with Gasteiger partial charge >= 0.3 is 0 Å². The van der Waals surface area contributed by atoms with Gasteiger partial charge in [-0.3, -0.25) is 4.55 Å². The molecule has 178 valence electrons. The average molecular weight is 448 g/mol. The fourth-order valence-electron chi connectivity index (χ4n) is 2.23. The third-order valence-corrected chi connectivity index (χ3v) is 4.42. The van der Waals surface area contributed by atoms with E-state index in [1.165, 1.54) is 44.9 Å². The van der Waals surface area contributed by atoms with Crippen molar-refractivity contribution < 1.29 is 42.8 Å². The molecule has 0 atom stereocenters. The summed E-state index contributed by atoms with van der Waals surface area (Å²) < 4.78 is 29.4. The maximum atomic E-state index is 10.4. The molecule has 0 amide bonds. The van der Waals surface area contributed by atoms with Gasteiger partial charge in [-0.1, -0.05) is 64.7 Å². The van der Waals surface area contributed by atoms with Gasteiger partial charge in [-0.2, -0.15) is 8.42 Å². The van der Waals surface area contributed by atoms with Crippen molar-refractivity contribution in [2.75, 3.05) is 45.4 Å². The lowest BCUT2D eigenvalue weighted by molar-refractivity contribution is -0.527. The van der Waals surface area contributed by atoms with Gasteiger partial charge < -0.3 is 15.3 Å². The first-order valence-corrected chi connectivity index (χ1v) is 12.0. The normalized spacial score (nSPS) is 11.5. The zero-order valence-corrected chi connectivity index (χ0v) is 18.5. The first-order valence-electron chi connectivity index (χ1n) is 10.4. The zero-order valence-electron chi connectivity index (χ0n) is 17.7. The molecule has 0 heterocycles. The van der Waals surface area contributed by atoms with E-state index in [2.05, 4.69) is 6.92 Å². The third-order valence-electron chi connectivity index (χ3n) is 3.62. The maximum Gasteiger partial charge on any atom is 0.264 e. The van der Waals surface area contributed by atoms with E-state index in [0.29, 0.717) is 11.8 Å². The van der Waals surface area contributed by atoms with Crippen LogP contribution in [0.4, 0.5) is 0 Å². The summed E-state index contributed by atoms with van der Waals surface area (Å²) in [6.07, 6.45) is 11.7. The third kappa shape index (κ3) is 29.9. The zero-order chi connectivity index (χ0) is 22.2. The second-order valence-electron chi connectivity index (χ2n) is 6.36. The van der Waals surface area contributed by atoms with Gasteiger partial charge in [0.1, 0.15) is 0 Å². The number of hydrogen-bond acceptors (Lipinski definition) is 9. The number of hydrogen-bond donors (Lipinski definition) is 4. The van der Waals surface area contributed by atoms with Gasteiger partial charge in [0, 0.05) is 0 Å². The monoisotopic (exact) mass is 447 g/mol. The van der Waals surface area contributed by atoms with E-state index in [-0.39, 0.29) is 45.4 Å². The van der Waals surface area contributed by atoms with Crippen LogP contribution in [0.15, 0.2) is 0 Å². The Morgan fingerprint density at radius 3 is 1.31 bits per heavy atom. The predicted octanol–water partition coefficient (Wildman–Crippen LogP) is 1.86. The quantitative estimate of drug-likeness (QED) is 0.124. The fourth-order valence-corrected chi connectivity index (χ4v) is 2.80. The van der Waals surface area contributed by atoms with Gasteiger partial charge in [0.15, 0.2) is 0 Å². The minimum absolute atomic E-state index is 0.0108. The van der Waals surface area contributed by atoms with Crippen molar-refractivity contribution in [2.24, 2.45) is 0 Å². The van der Waals surface area contributed by atoms with E-state index < -0.39 is 10.1 Å². The Balaban J connectivity index is 0. The van der Waals surface area contributed by atoms with Crippen LogP contribution >= 0.6 is 0 Å². The summed E-state index contributed by atoms with van der Waals surface area (Å²) >= 11 is 0. The highest BCUT2D eigenvalue weighted by Gasteiger charge is 2.05. The largest absolute Gasteiger partial charge is 0.394 e. The van der Waals surface area contributed by atoms with Crippen molar-refractivity contribution in [2.45, 2.75) is 71.1 Å². The van der Waals surface area contributed by atoms with E-state index in [0.717, 1.165) is 12.8 Å². The van der Waals surface area contributed by atoms with Crippen molar-refractivity contribution in [3.05, 3.63) is 0 Å². The molecule has 0 saturated carbocycles. The van der Waals surface area contributed by atoms with Crippen molar-refractivity contribution >= 4 is 10.1 Å². The summed E-state index contributed by atoms with van der Waals surface area (Å²) in [6, 6.07) is 0. The van der Waals surface area contributed by atoms with Crippen LogP contribution < -0.4 is 0 Å². The molecule has 0 fully saturated rings. The highest BCUT2D eigenvalue weighted by Crippen LogP contribution is 2.10. The Kier molecular flexibility index (Phi) is 25.4. The minimum Gasteiger partial charge on any atom is -0.394 e. The molecular weight excluding hydrogens is 406 g/mol. The van der Waals surface area contributed by atoms with Crippen LogP contribution in [0.2, 0.25) is 0 Å². The lowest BCUT2D eigenvalue weighted by atomic mass is 10.1. The van der Waals surface area contributed by atoms with Crippen LogP contribution in [-0.4, -0.2) is 79.1 Å². The Morgan fingerprint density at radius 2 is 1.00 bits per heavy atom. The molecule has 0 aliphatic heterocycles. The van der Waals surface area contributed by atoms with Gasteiger partial charge in [-0.05, 0) is 6.42 Å². The molecule has 0 bridgehead atoms. The summed E-state index contributed by atoms with van der Waals surface area (Å²) in [6.45, 7) is 1.71. The van der Waals surface area contributed by atoms with Crippen LogP contribution in [0.3, 0.4) is 0 Å². The number of rotatable bonds is 20. The van der Waals surface area contributed by atoms with E-state index in [4.69, 9.17) is 34.4 Å². The van der Waals surface area contributed by atoms with Crippen molar-refractivity contribution in [3.63, 3.8) is 0 Å². The molecule has 0 aromatic heterocycles. The molecule has 0 spiro atoms. The highest BCUT2D eigenvalue weighted by molar-refractivity contribution is 7.85. The molecule has 0 aliphatic carbocycles. The van der Waals surface area contributed by atoms with E-state index in [1.807, 2.05) is 0 Å². The molecule has 0 aromatic carbocycles. The molecule has 0 unspecified atom stereocenters. The Labute approximate surface area is 175 Å². The summed E-state index contributed by atoms with van der Waals surface area (Å²) in [4.78, 5) is 14.1. The SMILES string of the molecule is CCCCCCCCCCCCS(=O)(=O)O.OCCON(OCCO)OCCO. The fraction of sp³-hybridized carbons (Fsp3) is 1.00. The molecule has 0 saturated heterocycles. The van der Waals surface area contributed by atoms with Gasteiger partial charge in [0.25, 0.3) is 10.1 Å². The summed E-state index contributed by atoms with van der Waals surface area (Å²) in [5, 5.41) is 25.9. The highest BCUT2D eigenvalue weighted by atomic mass is 32.2. The van der Waals surface area contributed by atoms with Crippen LogP contribution in [0.5, 0.6) is 0 Å². The van der Waals surface area contributed by atoms with E-state index >= 15 is 0 Å². The Bertz CT molecular complexity index is 391. The smallest absolute Gasteiger partial charge is 0.264 e. The van der Waals surface area contributed by atoms with Crippen molar-refractivity contribution in [3.8, 4) is 0 Å². The average Bonchev–Trinajstić information content (AvgIpc) is 2.68. The van der Waals surface area contributed by atoms with Gasteiger partial charge in [-0.25, -0.2) is 14.5 Å². The van der Waals surface area contributed by atoms with Crippen molar-refractivity contribution in [1.82, 2.24) is 5.39 Å². The van der Waals surface area contributed by atoms with Crippen LogP contribution in [0.25, 0.3) is 0 Å². The van der Waals surface area contributed by atoms with Crippen LogP contribution in [-0.2, 0) is 24.6 Å². The van der Waals surface area contributed by atoms with Gasteiger partial charge in [0.05, 0.1) is 50.8 Å². The summed E-state index contributed by atoms with van der Waals surface area (Å²) in [7, 11) is -3.73. The second-order valence-corrected chi connectivity index (χ2v) is 7.93. The number of nitrogens with zero attached hydrogens (tertiary/aromatic N) is 1. The maximum absolute atomic E-state index is 10.4. The topological polar surface area (TPSA) is 146 Å². The minimum atomic E-state index is -3.73. The predicted molar refractivity (Wildman–Crippen MR) is 109 cm³/mol. The Hall–Kier alpha value is -0.370. The molecule has 0 aliphatic rings. The van der Waals surface area contributed by atoms with E-state index in [1.54, 1.807) is 0 Å². The summed E-state index contributed by atoms with van der Waals surface area (Å²) in [5.41, 5.74) is 0. The molecule has 0 aromatic rings. The molecule has 29 heavy (non-hydrogen) atoms. The van der Waals surface area contributed by atoms with E-state index in [9.17, 15) is 8.42 Å². The first kappa shape index (κ1) is 30.8. The lowest BCUT2D eigenvalue weighted by Gasteiger charge is -2.17. The Morgan fingerprint density at radius 1 is 0.655 bits per heavy atom.